The molecule has 27 heavy (non-hydrogen) atoms. The summed E-state index contributed by atoms with van der Waals surface area (Å²) in [5, 5.41) is 3.55. The molecule has 144 valence electrons. The van der Waals surface area contributed by atoms with E-state index >= 15 is 0 Å². The summed E-state index contributed by atoms with van der Waals surface area (Å²) < 4.78 is 27.5. The number of nitrogens with one attached hydrogen (secondary N) is 1. The Morgan fingerprint density at radius 2 is 1.74 bits per heavy atom. The molecule has 3 rings (SSSR count). The summed E-state index contributed by atoms with van der Waals surface area (Å²) in [6.07, 6.45) is 0. The zero-order chi connectivity index (χ0) is 19.4. The van der Waals surface area contributed by atoms with Gasteiger partial charge in [0.1, 0.15) is 0 Å². The molecule has 2 aromatic carbocycles. The van der Waals surface area contributed by atoms with Gasteiger partial charge in [-0.3, -0.25) is 4.79 Å². The first-order valence-electron chi connectivity index (χ1n) is 8.40. The molecule has 1 amide bonds. The molecule has 1 saturated heterocycles. The number of sulfonamides is 1. The van der Waals surface area contributed by atoms with Crippen LogP contribution in [0.25, 0.3) is 0 Å². The Labute approximate surface area is 172 Å². The molecule has 0 unspecified atom stereocenters. The number of hydrogen-bond donors (Lipinski definition) is 1. The Balaban J connectivity index is 1.55. The molecule has 0 bridgehead atoms. The van der Waals surface area contributed by atoms with Gasteiger partial charge in [-0.1, -0.05) is 45.7 Å². The minimum atomic E-state index is -3.52. The van der Waals surface area contributed by atoms with Crippen molar-refractivity contribution in [1.29, 1.82) is 0 Å². The van der Waals surface area contributed by atoms with Crippen molar-refractivity contribution in [3.8, 4) is 0 Å². The summed E-state index contributed by atoms with van der Waals surface area (Å²) in [6, 6.07) is 13.7. The first kappa shape index (κ1) is 20.1. The van der Waals surface area contributed by atoms with E-state index in [-0.39, 0.29) is 30.4 Å². The monoisotopic (exact) mass is 471 g/mol. The maximum Gasteiger partial charge on any atom is 0.243 e. The zero-order valence-corrected chi connectivity index (χ0v) is 17.6. The molecule has 9 heteroatoms. The molecular weight excluding hydrogens is 454 g/mol. The summed E-state index contributed by atoms with van der Waals surface area (Å²) in [6.45, 7) is 1.39. The lowest BCUT2D eigenvalue weighted by atomic mass is 10.3. The van der Waals surface area contributed by atoms with E-state index < -0.39 is 10.0 Å². The van der Waals surface area contributed by atoms with Crippen LogP contribution in [0.3, 0.4) is 0 Å². The second kappa shape index (κ2) is 8.60. The first-order valence-corrected chi connectivity index (χ1v) is 11.0. The Bertz CT molecular complexity index is 917. The number of halogens is 2. The quantitative estimate of drug-likeness (QED) is 0.726. The van der Waals surface area contributed by atoms with Gasteiger partial charge in [0.2, 0.25) is 15.9 Å². The highest BCUT2D eigenvalue weighted by Gasteiger charge is 2.29. The van der Waals surface area contributed by atoms with Gasteiger partial charge in [-0.05, 0) is 30.3 Å². The van der Waals surface area contributed by atoms with Gasteiger partial charge < -0.3 is 10.2 Å². The highest BCUT2D eigenvalue weighted by molar-refractivity contribution is 9.10. The van der Waals surface area contributed by atoms with Crippen LogP contribution in [0.4, 0.5) is 5.69 Å². The molecular formula is C18H19BrClN3O3S. The molecule has 0 radical (unpaired) electrons. The highest BCUT2D eigenvalue weighted by atomic mass is 79.9. The summed E-state index contributed by atoms with van der Waals surface area (Å²) in [5.74, 6) is -0.0919. The molecule has 0 saturated carbocycles. The topological polar surface area (TPSA) is 69.7 Å². The summed E-state index contributed by atoms with van der Waals surface area (Å²) in [4.78, 5) is 14.4. The van der Waals surface area contributed by atoms with Gasteiger partial charge in [-0.2, -0.15) is 4.31 Å². The summed E-state index contributed by atoms with van der Waals surface area (Å²) in [7, 11) is -3.52. The second-order valence-corrected chi connectivity index (χ2v) is 9.34. The van der Waals surface area contributed by atoms with Crippen LogP contribution in [0.1, 0.15) is 0 Å². The van der Waals surface area contributed by atoms with Gasteiger partial charge in [0.05, 0.1) is 22.2 Å². The maximum absolute atomic E-state index is 12.6. The Morgan fingerprint density at radius 1 is 1.07 bits per heavy atom. The van der Waals surface area contributed by atoms with Gasteiger partial charge >= 0.3 is 0 Å². The van der Waals surface area contributed by atoms with Crippen molar-refractivity contribution in [3.05, 3.63) is 58.0 Å². The van der Waals surface area contributed by atoms with Gasteiger partial charge in [0, 0.05) is 30.7 Å². The van der Waals surface area contributed by atoms with Crippen LogP contribution in [-0.2, 0) is 14.8 Å². The number of anilines is 1. The third-order valence-electron chi connectivity index (χ3n) is 4.33. The van der Waals surface area contributed by atoms with Crippen molar-refractivity contribution in [1.82, 2.24) is 9.21 Å². The molecule has 6 nitrogen and oxygen atoms in total. The molecule has 1 N–H and O–H groups in total. The normalized spacial score (nSPS) is 15.6. The number of carbonyl (C=O) groups is 1. The second-order valence-electron chi connectivity index (χ2n) is 6.08. The van der Waals surface area contributed by atoms with Gasteiger partial charge in [-0.25, -0.2) is 8.42 Å². The predicted octanol–water partition coefficient (Wildman–Crippen LogP) is 3.05. The minimum Gasteiger partial charge on any atom is -0.375 e. The zero-order valence-electron chi connectivity index (χ0n) is 14.4. The van der Waals surface area contributed by atoms with Crippen molar-refractivity contribution < 1.29 is 13.2 Å². The van der Waals surface area contributed by atoms with Crippen molar-refractivity contribution >= 4 is 49.1 Å². The number of nitrogens with zero attached hydrogens (tertiary/aromatic N) is 2. The van der Waals surface area contributed by atoms with E-state index in [1.54, 1.807) is 47.4 Å². The molecule has 1 aliphatic rings. The fourth-order valence-corrected chi connectivity index (χ4v) is 5.02. The Hall–Kier alpha value is -1.61. The molecule has 1 fully saturated rings. The predicted molar refractivity (Wildman–Crippen MR) is 109 cm³/mol. The third kappa shape index (κ3) is 4.82. The van der Waals surface area contributed by atoms with Gasteiger partial charge in [-0.15, -0.1) is 0 Å². The van der Waals surface area contributed by atoms with Gasteiger partial charge in [0.25, 0.3) is 0 Å². The number of benzene rings is 2. The van der Waals surface area contributed by atoms with Gasteiger partial charge in [0.15, 0.2) is 0 Å². The third-order valence-corrected chi connectivity index (χ3v) is 7.05. The largest absolute Gasteiger partial charge is 0.375 e. The van der Waals surface area contributed by atoms with Crippen LogP contribution in [0.5, 0.6) is 0 Å². The molecule has 0 aliphatic carbocycles. The molecule has 0 aromatic heterocycles. The van der Waals surface area contributed by atoms with Crippen LogP contribution in [0.15, 0.2) is 57.9 Å². The number of carbonyl (C=O) groups excluding carboxylic acids is 1. The fourth-order valence-electron chi connectivity index (χ4n) is 2.83. The minimum absolute atomic E-state index is 0.0919. The highest BCUT2D eigenvalue weighted by Crippen LogP contribution is 2.25. The molecule has 1 aliphatic heterocycles. The average Bonchev–Trinajstić information content (AvgIpc) is 2.68. The lowest BCUT2D eigenvalue weighted by molar-refractivity contribution is -0.130. The van der Waals surface area contributed by atoms with Crippen LogP contribution in [0.2, 0.25) is 5.02 Å². The molecule has 0 spiro atoms. The Morgan fingerprint density at radius 3 is 2.37 bits per heavy atom. The number of hydrogen-bond acceptors (Lipinski definition) is 4. The smallest absolute Gasteiger partial charge is 0.243 e. The van der Waals surface area contributed by atoms with E-state index in [9.17, 15) is 13.2 Å². The van der Waals surface area contributed by atoms with E-state index in [4.69, 9.17) is 11.6 Å². The first-order chi connectivity index (χ1) is 12.9. The van der Waals surface area contributed by atoms with Crippen LogP contribution in [0, 0.1) is 0 Å². The molecule has 2 aromatic rings. The van der Waals surface area contributed by atoms with E-state index in [0.717, 1.165) is 4.47 Å². The van der Waals surface area contributed by atoms with E-state index in [1.807, 2.05) is 6.07 Å². The standard InChI is InChI=1S/C18H19BrClN3O3S/c19-14-6-7-17(16(20)12-14)21-13-18(24)22-8-10-23(11-9-22)27(25,26)15-4-2-1-3-5-15/h1-7,12,21H,8-11,13H2. The average molecular weight is 473 g/mol. The number of piperazine rings is 1. The fraction of sp³-hybridized carbons (Fsp3) is 0.278. The van der Waals surface area contributed by atoms with E-state index in [0.29, 0.717) is 23.8 Å². The maximum atomic E-state index is 12.6. The SMILES string of the molecule is O=C(CNc1ccc(Br)cc1Cl)N1CCN(S(=O)(=O)c2ccccc2)CC1. The lowest BCUT2D eigenvalue weighted by Gasteiger charge is -2.34. The van der Waals surface area contributed by atoms with Crippen LogP contribution >= 0.6 is 27.5 Å². The van der Waals surface area contributed by atoms with Crippen molar-refractivity contribution in [2.75, 3.05) is 38.0 Å². The van der Waals surface area contributed by atoms with Crippen LogP contribution in [-0.4, -0.2) is 56.3 Å². The van der Waals surface area contributed by atoms with Crippen molar-refractivity contribution in [3.63, 3.8) is 0 Å². The lowest BCUT2D eigenvalue weighted by Crippen LogP contribution is -2.51. The summed E-state index contributed by atoms with van der Waals surface area (Å²) in [5.41, 5.74) is 0.679. The number of amides is 1. The molecule has 1 heterocycles. The van der Waals surface area contributed by atoms with Crippen molar-refractivity contribution in [2.24, 2.45) is 0 Å². The summed E-state index contributed by atoms with van der Waals surface area (Å²) >= 11 is 9.47. The molecule has 0 atom stereocenters. The van der Waals surface area contributed by atoms with Crippen LogP contribution < -0.4 is 5.32 Å². The van der Waals surface area contributed by atoms with Crippen molar-refractivity contribution in [2.45, 2.75) is 4.90 Å². The van der Waals surface area contributed by atoms with E-state index in [2.05, 4.69) is 21.2 Å². The van der Waals surface area contributed by atoms with E-state index in [1.165, 1.54) is 4.31 Å². The number of rotatable bonds is 5. The Kier molecular flexibility index (Phi) is 6.41.